The van der Waals surface area contributed by atoms with E-state index in [9.17, 15) is 19.8 Å². The Morgan fingerprint density at radius 2 is 1.81 bits per heavy atom. The summed E-state index contributed by atoms with van der Waals surface area (Å²) in [5.41, 5.74) is 0.851. The van der Waals surface area contributed by atoms with Gasteiger partial charge in [-0.1, -0.05) is 37.3 Å². The predicted octanol–water partition coefficient (Wildman–Crippen LogP) is 4.69. The maximum Gasteiger partial charge on any atom is 0.328 e. The maximum absolute atomic E-state index is 13.2. The third-order valence-electron chi connectivity index (χ3n) is 5.72. The van der Waals surface area contributed by atoms with Crippen molar-refractivity contribution in [3.05, 3.63) is 64.7 Å². The Hall–Kier alpha value is -3.54. The fraction of sp³-hybridized carbons (Fsp3) is 0.280. The summed E-state index contributed by atoms with van der Waals surface area (Å²) in [5, 5.41) is 20.9. The van der Waals surface area contributed by atoms with Crippen molar-refractivity contribution >= 4 is 23.4 Å². The first kappa shape index (κ1) is 20.7. The average molecular weight is 420 g/mol. The van der Waals surface area contributed by atoms with Gasteiger partial charge in [0.1, 0.15) is 34.5 Å². The Kier molecular flexibility index (Phi) is 4.88. The molecule has 0 aromatic heterocycles. The van der Waals surface area contributed by atoms with Crippen molar-refractivity contribution in [2.24, 2.45) is 5.92 Å². The second-order valence-electron chi connectivity index (χ2n) is 8.45. The fourth-order valence-electron chi connectivity index (χ4n) is 3.92. The zero-order chi connectivity index (χ0) is 22.5. The van der Waals surface area contributed by atoms with Crippen LogP contribution in [0.1, 0.15) is 54.7 Å². The van der Waals surface area contributed by atoms with Crippen LogP contribution in [0, 0.1) is 5.92 Å². The van der Waals surface area contributed by atoms with E-state index in [2.05, 4.69) is 0 Å². The number of phenols is 1. The molecule has 160 valence electrons. The number of aromatic hydroxyl groups is 1. The van der Waals surface area contributed by atoms with Crippen LogP contribution in [0.5, 0.6) is 17.2 Å². The summed E-state index contributed by atoms with van der Waals surface area (Å²) in [6.07, 6.45) is 4.29. The number of aliphatic carboxylic acids is 1. The van der Waals surface area contributed by atoms with Crippen molar-refractivity contribution < 1.29 is 29.3 Å². The molecule has 2 aromatic carbocycles. The van der Waals surface area contributed by atoms with E-state index < -0.39 is 17.5 Å². The molecule has 2 aliphatic heterocycles. The Labute approximate surface area is 180 Å². The van der Waals surface area contributed by atoms with E-state index in [-0.39, 0.29) is 45.8 Å². The van der Waals surface area contributed by atoms with Crippen LogP contribution in [0.15, 0.2) is 42.5 Å². The van der Waals surface area contributed by atoms with Crippen LogP contribution in [0.3, 0.4) is 0 Å². The minimum atomic E-state index is -1.18. The SMILES string of the molecule is C[C@H]1Oc2c3c(c(/C(=C/C(=O)O)c4ccccc4)c(O)c2C(=O)[C@@H]1C)OC(C)(C)C=C3. The van der Waals surface area contributed by atoms with Crippen LogP contribution < -0.4 is 9.47 Å². The zero-order valence-electron chi connectivity index (χ0n) is 17.8. The van der Waals surface area contributed by atoms with Gasteiger partial charge in [0.25, 0.3) is 0 Å². The quantitative estimate of drug-likeness (QED) is 0.700. The second kappa shape index (κ2) is 7.30. The van der Waals surface area contributed by atoms with Gasteiger partial charge in [-0.2, -0.15) is 0 Å². The molecule has 6 nitrogen and oxygen atoms in total. The van der Waals surface area contributed by atoms with E-state index in [1.165, 1.54) is 0 Å². The molecule has 0 amide bonds. The van der Waals surface area contributed by atoms with Crippen LogP contribution >= 0.6 is 0 Å². The summed E-state index contributed by atoms with van der Waals surface area (Å²) >= 11 is 0. The number of carbonyl (C=O) groups excluding carboxylic acids is 1. The number of carboxylic acid groups (broad SMARTS) is 1. The molecular weight excluding hydrogens is 396 g/mol. The molecular formula is C25H24O6. The van der Waals surface area contributed by atoms with Crippen LogP contribution in [0.4, 0.5) is 0 Å². The van der Waals surface area contributed by atoms with Gasteiger partial charge < -0.3 is 19.7 Å². The molecule has 0 saturated carbocycles. The Morgan fingerprint density at radius 1 is 1.13 bits per heavy atom. The minimum Gasteiger partial charge on any atom is -0.506 e. The molecule has 0 spiro atoms. The van der Waals surface area contributed by atoms with Gasteiger partial charge in [-0.3, -0.25) is 4.79 Å². The molecule has 6 heteroatoms. The molecule has 2 N–H and O–H groups in total. The molecule has 2 heterocycles. The third kappa shape index (κ3) is 3.48. The summed E-state index contributed by atoms with van der Waals surface area (Å²) in [4.78, 5) is 24.9. The number of fused-ring (bicyclic) bond motifs is 3. The molecule has 0 saturated heterocycles. The molecule has 2 aliphatic rings. The number of hydrogen-bond acceptors (Lipinski definition) is 5. The Morgan fingerprint density at radius 3 is 2.45 bits per heavy atom. The molecule has 2 aromatic rings. The molecule has 0 bridgehead atoms. The molecule has 4 rings (SSSR count). The van der Waals surface area contributed by atoms with Gasteiger partial charge in [0.05, 0.1) is 17.0 Å². The highest BCUT2D eigenvalue weighted by Gasteiger charge is 2.40. The number of ketones is 1. The van der Waals surface area contributed by atoms with E-state index in [1.54, 1.807) is 44.2 Å². The van der Waals surface area contributed by atoms with E-state index in [0.29, 0.717) is 11.1 Å². The average Bonchev–Trinajstić information content (AvgIpc) is 2.70. The lowest BCUT2D eigenvalue weighted by Crippen LogP contribution is -2.35. The number of Topliss-reactive ketones (excluding diaryl/α,β-unsaturated/α-hetero) is 1. The molecule has 31 heavy (non-hydrogen) atoms. The second-order valence-corrected chi connectivity index (χ2v) is 8.45. The lowest BCUT2D eigenvalue weighted by Gasteiger charge is -2.35. The van der Waals surface area contributed by atoms with Gasteiger partial charge in [-0.25, -0.2) is 4.79 Å². The standard InChI is InChI=1S/C25H24O6/c1-13-14(2)30-23-16-10-11-25(3,4)31-24(16)19(22(29)20(23)21(13)28)17(12-18(26)27)15-8-6-5-7-9-15/h5-14,29H,1-4H3,(H,26,27)/b17-12+/t13-,14-/m1/s1. The first-order valence-corrected chi connectivity index (χ1v) is 10.1. The monoisotopic (exact) mass is 420 g/mol. The topological polar surface area (TPSA) is 93.1 Å². The van der Waals surface area contributed by atoms with Crippen molar-refractivity contribution in [3.63, 3.8) is 0 Å². The van der Waals surface area contributed by atoms with E-state index in [0.717, 1.165) is 6.08 Å². The summed E-state index contributed by atoms with van der Waals surface area (Å²) in [5.74, 6) is -1.68. The number of ether oxygens (including phenoxy) is 2. The maximum atomic E-state index is 13.2. The normalized spacial score (nSPS) is 21.5. The summed E-state index contributed by atoms with van der Waals surface area (Å²) in [7, 11) is 0. The van der Waals surface area contributed by atoms with Crippen LogP contribution in [0.25, 0.3) is 11.6 Å². The lowest BCUT2D eigenvalue weighted by atomic mass is 9.83. The van der Waals surface area contributed by atoms with Gasteiger partial charge >= 0.3 is 5.97 Å². The van der Waals surface area contributed by atoms with E-state index in [4.69, 9.17) is 9.47 Å². The van der Waals surface area contributed by atoms with E-state index in [1.807, 2.05) is 26.0 Å². The largest absolute Gasteiger partial charge is 0.506 e. The summed E-state index contributed by atoms with van der Waals surface area (Å²) in [6.45, 7) is 7.26. The first-order valence-electron chi connectivity index (χ1n) is 10.1. The molecule has 0 aliphatic carbocycles. The lowest BCUT2D eigenvalue weighted by molar-refractivity contribution is -0.131. The number of hydrogen-bond donors (Lipinski definition) is 2. The van der Waals surface area contributed by atoms with Crippen LogP contribution in [-0.2, 0) is 4.79 Å². The molecule has 2 atom stereocenters. The highest BCUT2D eigenvalue weighted by molar-refractivity contribution is 6.09. The summed E-state index contributed by atoms with van der Waals surface area (Å²) in [6, 6.07) is 8.85. The van der Waals surface area contributed by atoms with Crippen LogP contribution in [0.2, 0.25) is 0 Å². The first-order chi connectivity index (χ1) is 14.6. The van der Waals surface area contributed by atoms with Gasteiger partial charge in [0, 0.05) is 11.6 Å². The molecule has 0 fully saturated rings. The van der Waals surface area contributed by atoms with Crippen molar-refractivity contribution in [3.8, 4) is 17.2 Å². The van der Waals surface area contributed by atoms with Gasteiger partial charge in [0.15, 0.2) is 5.78 Å². The van der Waals surface area contributed by atoms with Gasteiger partial charge in [0.2, 0.25) is 0 Å². The number of carboxylic acids is 1. The van der Waals surface area contributed by atoms with Crippen molar-refractivity contribution in [2.45, 2.75) is 39.4 Å². The fourth-order valence-corrected chi connectivity index (χ4v) is 3.92. The van der Waals surface area contributed by atoms with Crippen LogP contribution in [-0.4, -0.2) is 33.7 Å². The number of phenolic OH excluding ortho intramolecular Hbond substituents is 1. The summed E-state index contributed by atoms with van der Waals surface area (Å²) < 4.78 is 12.2. The van der Waals surface area contributed by atoms with E-state index >= 15 is 0 Å². The van der Waals surface area contributed by atoms with Crippen molar-refractivity contribution in [2.75, 3.05) is 0 Å². The smallest absolute Gasteiger partial charge is 0.328 e. The zero-order valence-corrected chi connectivity index (χ0v) is 17.8. The molecule has 0 unspecified atom stereocenters. The molecule has 0 radical (unpaired) electrons. The number of benzene rings is 2. The number of rotatable bonds is 3. The highest BCUT2D eigenvalue weighted by Crippen LogP contribution is 2.53. The predicted molar refractivity (Wildman–Crippen MR) is 117 cm³/mol. The number of carbonyl (C=O) groups is 2. The third-order valence-corrected chi connectivity index (χ3v) is 5.72. The Balaban J connectivity index is 2.11. The Bertz CT molecular complexity index is 1140. The van der Waals surface area contributed by atoms with Gasteiger partial charge in [-0.05, 0) is 38.5 Å². The highest BCUT2D eigenvalue weighted by atomic mass is 16.5. The van der Waals surface area contributed by atoms with Crippen molar-refractivity contribution in [1.29, 1.82) is 0 Å². The van der Waals surface area contributed by atoms with Crippen molar-refractivity contribution in [1.82, 2.24) is 0 Å². The minimum absolute atomic E-state index is 0.0551. The van der Waals surface area contributed by atoms with Gasteiger partial charge in [-0.15, -0.1) is 0 Å².